The molecule has 2 amide bonds. The summed E-state index contributed by atoms with van der Waals surface area (Å²) in [7, 11) is 1.56. The standard InChI is InChI=1S/C28H35ClN2O6/c1-3-13-35-22-12-10-20(15-24(22)34-2)27(28(33)30-21-7-5-4-6-8-21)31(26(32)16-29)17-19-9-11-23-25(14-19)37-18-36-23/h9-12,14-15,21,27H,3-8,13,16-18H2,1-2H3,(H,30,33)/t27-/m0/s1. The van der Waals surface area contributed by atoms with Crippen molar-refractivity contribution in [3.05, 3.63) is 47.5 Å². The lowest BCUT2D eigenvalue weighted by Gasteiger charge is -2.33. The predicted octanol–water partition coefficient (Wildman–Crippen LogP) is 4.97. The van der Waals surface area contributed by atoms with E-state index in [2.05, 4.69) is 5.32 Å². The minimum Gasteiger partial charge on any atom is -0.493 e. The molecule has 1 saturated carbocycles. The Hall–Kier alpha value is -3.13. The quantitative estimate of drug-likeness (QED) is 0.413. The Morgan fingerprint density at radius 3 is 2.59 bits per heavy atom. The smallest absolute Gasteiger partial charge is 0.247 e. The van der Waals surface area contributed by atoms with E-state index in [0.717, 1.165) is 37.7 Å². The number of methoxy groups -OCH3 is 1. The van der Waals surface area contributed by atoms with E-state index in [-0.39, 0.29) is 37.1 Å². The number of nitrogens with zero attached hydrogens (tertiary/aromatic N) is 1. The Morgan fingerprint density at radius 1 is 1.08 bits per heavy atom. The number of carbonyl (C=O) groups is 2. The molecule has 1 fully saturated rings. The molecule has 37 heavy (non-hydrogen) atoms. The van der Waals surface area contributed by atoms with Gasteiger partial charge in [0, 0.05) is 12.6 Å². The molecule has 0 bridgehead atoms. The summed E-state index contributed by atoms with van der Waals surface area (Å²) in [6, 6.07) is 10.0. The monoisotopic (exact) mass is 530 g/mol. The minimum absolute atomic E-state index is 0.0799. The zero-order chi connectivity index (χ0) is 26.2. The van der Waals surface area contributed by atoms with E-state index in [1.807, 2.05) is 25.1 Å². The molecule has 0 spiro atoms. The fraction of sp³-hybridized carbons (Fsp3) is 0.500. The molecule has 9 heteroatoms. The number of carbonyl (C=O) groups excluding carboxylic acids is 2. The lowest BCUT2D eigenvalue weighted by Crippen LogP contribution is -2.47. The lowest BCUT2D eigenvalue weighted by molar-refractivity contribution is -0.140. The van der Waals surface area contributed by atoms with Gasteiger partial charge in [0.25, 0.3) is 0 Å². The van der Waals surface area contributed by atoms with Crippen LogP contribution in [-0.2, 0) is 16.1 Å². The highest BCUT2D eigenvalue weighted by atomic mass is 35.5. The maximum Gasteiger partial charge on any atom is 0.247 e. The number of rotatable bonds is 11. The maximum absolute atomic E-state index is 13.8. The number of nitrogens with one attached hydrogen (secondary N) is 1. The zero-order valence-corrected chi connectivity index (χ0v) is 22.2. The van der Waals surface area contributed by atoms with Crippen molar-refractivity contribution in [3.63, 3.8) is 0 Å². The number of hydrogen-bond acceptors (Lipinski definition) is 6. The first-order valence-electron chi connectivity index (χ1n) is 12.9. The van der Waals surface area contributed by atoms with Gasteiger partial charge in [-0.3, -0.25) is 9.59 Å². The summed E-state index contributed by atoms with van der Waals surface area (Å²) >= 11 is 6.06. The maximum atomic E-state index is 13.8. The lowest BCUT2D eigenvalue weighted by atomic mass is 9.94. The second-order valence-electron chi connectivity index (χ2n) is 9.35. The van der Waals surface area contributed by atoms with Crippen molar-refractivity contribution >= 4 is 23.4 Å². The first-order valence-corrected chi connectivity index (χ1v) is 13.4. The van der Waals surface area contributed by atoms with Crippen LogP contribution in [0.4, 0.5) is 0 Å². The molecule has 1 aliphatic heterocycles. The van der Waals surface area contributed by atoms with E-state index in [1.54, 1.807) is 25.3 Å². The van der Waals surface area contributed by atoms with Crippen LogP contribution in [-0.4, -0.2) is 49.1 Å². The average Bonchev–Trinajstić information content (AvgIpc) is 3.40. The Labute approximate surface area is 223 Å². The average molecular weight is 531 g/mol. The van der Waals surface area contributed by atoms with Crippen LogP contribution in [0.15, 0.2) is 36.4 Å². The van der Waals surface area contributed by atoms with Crippen LogP contribution >= 0.6 is 11.6 Å². The first-order chi connectivity index (χ1) is 18.0. The fourth-order valence-electron chi connectivity index (χ4n) is 4.82. The molecular weight excluding hydrogens is 496 g/mol. The van der Waals surface area contributed by atoms with E-state index in [9.17, 15) is 9.59 Å². The van der Waals surface area contributed by atoms with Gasteiger partial charge in [0.05, 0.1) is 13.7 Å². The van der Waals surface area contributed by atoms with E-state index in [1.165, 1.54) is 11.3 Å². The number of alkyl halides is 1. The van der Waals surface area contributed by atoms with Gasteiger partial charge in [-0.1, -0.05) is 38.3 Å². The molecule has 0 radical (unpaired) electrons. The number of ether oxygens (including phenoxy) is 4. The van der Waals surface area contributed by atoms with Crippen molar-refractivity contribution in [3.8, 4) is 23.0 Å². The number of fused-ring (bicyclic) bond motifs is 1. The number of amides is 2. The Balaban J connectivity index is 1.69. The van der Waals surface area contributed by atoms with Gasteiger partial charge in [0.2, 0.25) is 18.6 Å². The molecule has 2 aromatic carbocycles. The van der Waals surface area contributed by atoms with Crippen molar-refractivity contribution in [2.45, 2.75) is 64.1 Å². The van der Waals surface area contributed by atoms with Gasteiger partial charge in [-0.25, -0.2) is 0 Å². The summed E-state index contributed by atoms with van der Waals surface area (Å²) in [6.07, 6.45) is 6.04. The predicted molar refractivity (Wildman–Crippen MR) is 140 cm³/mol. The van der Waals surface area contributed by atoms with Crippen LogP contribution in [0.25, 0.3) is 0 Å². The molecule has 0 aromatic heterocycles. The van der Waals surface area contributed by atoms with Crippen molar-refractivity contribution < 1.29 is 28.5 Å². The van der Waals surface area contributed by atoms with E-state index >= 15 is 0 Å². The van der Waals surface area contributed by atoms with Gasteiger partial charge in [0.15, 0.2) is 23.0 Å². The Morgan fingerprint density at radius 2 is 1.86 bits per heavy atom. The number of benzene rings is 2. The van der Waals surface area contributed by atoms with Crippen LogP contribution in [0.2, 0.25) is 0 Å². The normalized spacial score (nSPS) is 15.6. The summed E-state index contributed by atoms with van der Waals surface area (Å²) in [5.41, 5.74) is 1.42. The molecule has 0 saturated heterocycles. The van der Waals surface area contributed by atoms with Gasteiger partial charge in [-0.15, -0.1) is 11.6 Å². The van der Waals surface area contributed by atoms with Crippen LogP contribution in [0.5, 0.6) is 23.0 Å². The highest BCUT2D eigenvalue weighted by Gasteiger charge is 2.33. The SMILES string of the molecule is CCCOc1ccc([C@@H](C(=O)NC2CCCCC2)N(Cc2ccc3c(c2)OCO3)C(=O)CCl)cc1OC. The highest BCUT2D eigenvalue weighted by molar-refractivity contribution is 6.27. The fourth-order valence-corrected chi connectivity index (χ4v) is 4.98. The minimum atomic E-state index is -0.910. The molecule has 2 aliphatic rings. The van der Waals surface area contributed by atoms with Crippen LogP contribution in [0, 0.1) is 0 Å². The van der Waals surface area contributed by atoms with Crippen LogP contribution < -0.4 is 24.3 Å². The van der Waals surface area contributed by atoms with E-state index in [4.69, 9.17) is 30.5 Å². The third-order valence-electron chi connectivity index (χ3n) is 6.70. The van der Waals surface area contributed by atoms with Crippen LogP contribution in [0.1, 0.15) is 62.6 Å². The number of hydrogen-bond donors (Lipinski definition) is 1. The summed E-state index contributed by atoms with van der Waals surface area (Å²) in [5.74, 6) is 1.50. The largest absolute Gasteiger partial charge is 0.493 e. The summed E-state index contributed by atoms with van der Waals surface area (Å²) in [5, 5.41) is 3.20. The summed E-state index contributed by atoms with van der Waals surface area (Å²) in [6.45, 7) is 2.89. The van der Waals surface area contributed by atoms with Crippen molar-refractivity contribution in [1.29, 1.82) is 0 Å². The molecule has 1 aliphatic carbocycles. The topological polar surface area (TPSA) is 86.3 Å². The zero-order valence-electron chi connectivity index (χ0n) is 21.5. The molecule has 1 heterocycles. The van der Waals surface area contributed by atoms with Crippen molar-refractivity contribution in [1.82, 2.24) is 10.2 Å². The van der Waals surface area contributed by atoms with E-state index in [0.29, 0.717) is 35.2 Å². The molecule has 8 nitrogen and oxygen atoms in total. The molecule has 200 valence electrons. The third-order valence-corrected chi connectivity index (χ3v) is 6.93. The summed E-state index contributed by atoms with van der Waals surface area (Å²) in [4.78, 5) is 28.6. The molecule has 4 rings (SSSR count). The summed E-state index contributed by atoms with van der Waals surface area (Å²) < 4.78 is 22.3. The van der Waals surface area contributed by atoms with Gasteiger partial charge < -0.3 is 29.2 Å². The third kappa shape index (κ3) is 6.60. The van der Waals surface area contributed by atoms with E-state index < -0.39 is 6.04 Å². The Bertz CT molecular complexity index is 1090. The van der Waals surface area contributed by atoms with Gasteiger partial charge in [-0.2, -0.15) is 0 Å². The molecule has 0 unspecified atom stereocenters. The van der Waals surface area contributed by atoms with Crippen molar-refractivity contribution in [2.75, 3.05) is 26.4 Å². The Kier molecular flexibility index (Phi) is 9.39. The first kappa shape index (κ1) is 26.9. The van der Waals surface area contributed by atoms with Gasteiger partial charge in [-0.05, 0) is 54.7 Å². The molecule has 1 N–H and O–H groups in total. The number of halogens is 1. The molecule has 1 atom stereocenters. The van der Waals surface area contributed by atoms with Gasteiger partial charge >= 0.3 is 0 Å². The highest BCUT2D eigenvalue weighted by Crippen LogP contribution is 2.36. The molecular formula is C28H35ClN2O6. The second-order valence-corrected chi connectivity index (χ2v) is 9.61. The van der Waals surface area contributed by atoms with Gasteiger partial charge in [0.1, 0.15) is 11.9 Å². The second kappa shape index (κ2) is 12.9. The molecule has 2 aromatic rings. The van der Waals surface area contributed by atoms with Crippen LogP contribution in [0.3, 0.4) is 0 Å². The van der Waals surface area contributed by atoms with Crippen molar-refractivity contribution in [2.24, 2.45) is 0 Å².